The fourth-order valence-electron chi connectivity index (χ4n) is 4.62. The minimum absolute atomic E-state index is 0.00655. The van der Waals surface area contributed by atoms with Crippen LogP contribution >= 0.6 is 11.6 Å². The summed E-state index contributed by atoms with van der Waals surface area (Å²) in [4.78, 5) is 12.9. The Bertz CT molecular complexity index is 1340. The van der Waals surface area contributed by atoms with Crippen molar-refractivity contribution >= 4 is 27.3 Å². The van der Waals surface area contributed by atoms with Crippen LogP contribution in [0.25, 0.3) is 11.3 Å². The predicted molar refractivity (Wildman–Crippen MR) is 135 cm³/mol. The van der Waals surface area contributed by atoms with Gasteiger partial charge in [-0.15, -0.1) is 0 Å². The number of amides is 1. The van der Waals surface area contributed by atoms with Crippen molar-refractivity contribution in [2.75, 3.05) is 12.8 Å². The van der Waals surface area contributed by atoms with Gasteiger partial charge in [-0.2, -0.15) is 27.1 Å². The second kappa shape index (κ2) is 12.2. The second-order valence-corrected chi connectivity index (χ2v) is 12.5. The van der Waals surface area contributed by atoms with Crippen LogP contribution in [0.3, 0.4) is 0 Å². The highest BCUT2D eigenvalue weighted by Crippen LogP contribution is 2.38. The molecule has 1 amide bonds. The van der Waals surface area contributed by atoms with Gasteiger partial charge < -0.3 is 20.3 Å². The van der Waals surface area contributed by atoms with Crippen LogP contribution in [0.2, 0.25) is 5.02 Å². The van der Waals surface area contributed by atoms with Crippen molar-refractivity contribution in [1.29, 1.82) is 0 Å². The summed E-state index contributed by atoms with van der Waals surface area (Å²) in [5, 5.41) is 26.6. The molecule has 0 radical (unpaired) electrons. The molecular weight excluding hydrogens is 589 g/mol. The summed E-state index contributed by atoms with van der Waals surface area (Å²) in [6, 6.07) is 3.92. The summed E-state index contributed by atoms with van der Waals surface area (Å²) in [5.41, 5.74) is -1.80. The third kappa shape index (κ3) is 7.83. The molecule has 3 N–H and O–H groups in total. The fourth-order valence-corrected chi connectivity index (χ4v) is 6.04. The third-order valence-electron chi connectivity index (χ3n) is 6.81. The Labute approximate surface area is 232 Å². The topological polar surface area (TPSA) is 131 Å². The summed E-state index contributed by atoms with van der Waals surface area (Å²) in [5.74, 6) is -1.24. The Morgan fingerprint density at radius 2 is 2.02 bits per heavy atom. The molecule has 1 aromatic heterocycles. The molecule has 3 atom stereocenters. The van der Waals surface area contributed by atoms with Crippen molar-refractivity contribution in [2.24, 2.45) is 7.05 Å². The molecule has 0 bridgehead atoms. The Morgan fingerprint density at radius 1 is 1.35 bits per heavy atom. The minimum atomic E-state index is -4.36. The largest absolute Gasteiger partial charge is 0.434 e. The van der Waals surface area contributed by atoms with E-state index in [1.807, 2.05) is 0 Å². The monoisotopic (exact) mass is 617 g/mol. The van der Waals surface area contributed by atoms with Gasteiger partial charge in [0.2, 0.25) is 0 Å². The smallest absolute Gasteiger partial charge is 0.389 e. The van der Waals surface area contributed by atoms with E-state index in [-0.39, 0.29) is 59.8 Å². The zero-order valence-corrected chi connectivity index (χ0v) is 23.1. The summed E-state index contributed by atoms with van der Waals surface area (Å²) in [6.45, 7) is -3.71. The van der Waals surface area contributed by atoms with Gasteiger partial charge in [-0.3, -0.25) is 9.48 Å². The zero-order valence-electron chi connectivity index (χ0n) is 21.5. The van der Waals surface area contributed by atoms with Crippen molar-refractivity contribution < 1.29 is 50.1 Å². The number of sulfone groups is 1. The zero-order chi connectivity index (χ0) is 30.0. The molecule has 0 unspecified atom stereocenters. The molecule has 3 rings (SSSR count). The van der Waals surface area contributed by atoms with Gasteiger partial charge in [0.25, 0.3) is 5.91 Å². The lowest BCUT2D eigenvalue weighted by atomic mass is 9.82. The maximum absolute atomic E-state index is 13.2. The maximum Gasteiger partial charge on any atom is 0.389 e. The quantitative estimate of drug-likeness (QED) is 0.347. The molecule has 16 heteroatoms. The van der Waals surface area contributed by atoms with Gasteiger partial charge in [0.05, 0.1) is 22.1 Å². The Hall–Kier alpha value is -2.49. The van der Waals surface area contributed by atoms with Gasteiger partial charge in [-0.25, -0.2) is 8.42 Å². The normalized spacial score (nSPS) is 22.0. The number of ether oxygens (including phenoxy) is 1. The van der Waals surface area contributed by atoms with Crippen LogP contribution < -0.4 is 10.1 Å². The van der Waals surface area contributed by atoms with Gasteiger partial charge in [0.1, 0.15) is 21.2 Å². The molecule has 1 aromatic carbocycles. The standard InChI is InChI=1S/C24H29ClF5N3O6S/c1-33-20(15-6-5-13(4-3-8-24(28,29)30)10-16(15)39-22(26)27)18(25)19(32-33)21(35)31-12-23(36)9-7-14(11-17(23)34)40(2,37)38/h5-6,10,14,17,22,34,36H,3-4,7-9,11-12H2,1-2H3,(H,31,35)/t14-,17-,23-/m1/s1. The molecule has 1 fully saturated rings. The molecule has 0 saturated heterocycles. The molecular formula is C24H29ClF5N3O6S. The molecule has 1 saturated carbocycles. The SMILES string of the molecule is Cn1nc(C(=O)NC[C@]2(O)CC[C@@H](S(C)(=O)=O)C[C@H]2O)c(Cl)c1-c1ccc(CCCC(F)(F)F)cc1OC(F)F. The number of aliphatic hydroxyl groups excluding tert-OH is 1. The first kappa shape index (κ1) is 32.0. The van der Waals surface area contributed by atoms with E-state index < -0.39 is 58.5 Å². The van der Waals surface area contributed by atoms with Crippen molar-refractivity contribution in [3.63, 3.8) is 0 Å². The van der Waals surface area contributed by atoms with Gasteiger partial charge in [-0.1, -0.05) is 17.7 Å². The number of aliphatic hydroxyl groups is 2. The molecule has 2 aromatic rings. The fraction of sp³-hybridized carbons (Fsp3) is 0.583. The summed E-state index contributed by atoms with van der Waals surface area (Å²) < 4.78 is 93.1. The maximum atomic E-state index is 13.2. The number of alkyl halides is 5. The molecule has 0 aliphatic heterocycles. The predicted octanol–water partition coefficient (Wildman–Crippen LogP) is 3.65. The number of hydrogen-bond donors (Lipinski definition) is 3. The van der Waals surface area contributed by atoms with Crippen molar-refractivity contribution in [1.82, 2.24) is 15.1 Å². The van der Waals surface area contributed by atoms with E-state index in [0.29, 0.717) is 5.56 Å². The lowest BCUT2D eigenvalue weighted by Crippen LogP contribution is -2.56. The van der Waals surface area contributed by atoms with E-state index in [4.69, 9.17) is 11.6 Å². The highest BCUT2D eigenvalue weighted by Gasteiger charge is 2.44. The summed E-state index contributed by atoms with van der Waals surface area (Å²) in [7, 11) is -2.05. The number of carbonyl (C=O) groups is 1. The Kier molecular flexibility index (Phi) is 9.74. The highest BCUT2D eigenvalue weighted by atomic mass is 35.5. The van der Waals surface area contributed by atoms with Crippen LogP contribution in [-0.4, -0.2) is 76.9 Å². The van der Waals surface area contributed by atoms with E-state index in [2.05, 4.69) is 15.2 Å². The molecule has 1 heterocycles. The number of benzene rings is 1. The summed E-state index contributed by atoms with van der Waals surface area (Å²) in [6.07, 6.45) is -6.33. The van der Waals surface area contributed by atoms with Crippen molar-refractivity contribution in [3.05, 3.63) is 34.5 Å². The number of nitrogens with zero attached hydrogens (tertiary/aromatic N) is 2. The van der Waals surface area contributed by atoms with E-state index in [1.165, 1.54) is 25.2 Å². The van der Waals surface area contributed by atoms with E-state index >= 15 is 0 Å². The Morgan fingerprint density at radius 3 is 2.60 bits per heavy atom. The molecule has 1 aliphatic rings. The van der Waals surface area contributed by atoms with Crippen LogP contribution in [0.1, 0.15) is 48.2 Å². The average molecular weight is 618 g/mol. The van der Waals surface area contributed by atoms with Gasteiger partial charge >= 0.3 is 12.8 Å². The first-order valence-corrected chi connectivity index (χ1v) is 14.5. The molecule has 40 heavy (non-hydrogen) atoms. The number of halogens is 6. The van der Waals surface area contributed by atoms with Gasteiger partial charge in [0, 0.05) is 31.8 Å². The van der Waals surface area contributed by atoms with Crippen LogP contribution in [0.15, 0.2) is 18.2 Å². The first-order valence-electron chi connectivity index (χ1n) is 12.2. The van der Waals surface area contributed by atoms with Gasteiger partial charge in [0.15, 0.2) is 5.69 Å². The second-order valence-electron chi connectivity index (χ2n) is 9.84. The Balaban J connectivity index is 1.80. The number of nitrogens with one attached hydrogen (secondary N) is 1. The van der Waals surface area contributed by atoms with Crippen LogP contribution in [0, 0.1) is 0 Å². The first-order chi connectivity index (χ1) is 18.4. The lowest BCUT2D eigenvalue weighted by molar-refractivity contribution is -0.135. The van der Waals surface area contributed by atoms with Crippen LogP contribution in [0.4, 0.5) is 22.0 Å². The summed E-state index contributed by atoms with van der Waals surface area (Å²) >= 11 is 6.40. The number of carbonyl (C=O) groups excluding carboxylic acids is 1. The van der Waals surface area contributed by atoms with E-state index in [0.717, 1.165) is 10.9 Å². The van der Waals surface area contributed by atoms with Crippen molar-refractivity contribution in [3.8, 4) is 17.0 Å². The third-order valence-corrected chi connectivity index (χ3v) is 8.81. The average Bonchev–Trinajstić information content (AvgIpc) is 3.11. The number of aryl methyl sites for hydroxylation is 2. The molecule has 0 spiro atoms. The molecule has 224 valence electrons. The van der Waals surface area contributed by atoms with Crippen LogP contribution in [-0.2, 0) is 23.3 Å². The lowest BCUT2D eigenvalue weighted by Gasteiger charge is -2.39. The number of aromatic nitrogens is 2. The number of hydrogen-bond acceptors (Lipinski definition) is 7. The number of rotatable bonds is 10. The molecule has 9 nitrogen and oxygen atoms in total. The minimum Gasteiger partial charge on any atom is -0.434 e. The van der Waals surface area contributed by atoms with Crippen LogP contribution in [0.5, 0.6) is 5.75 Å². The molecule has 1 aliphatic carbocycles. The van der Waals surface area contributed by atoms with Crippen molar-refractivity contribution in [2.45, 2.75) is 68.3 Å². The van der Waals surface area contributed by atoms with Gasteiger partial charge in [-0.05, 0) is 49.8 Å². The highest BCUT2D eigenvalue weighted by molar-refractivity contribution is 7.91. The van der Waals surface area contributed by atoms with E-state index in [1.54, 1.807) is 0 Å². The van der Waals surface area contributed by atoms with E-state index in [9.17, 15) is 45.4 Å².